The Morgan fingerprint density at radius 1 is 1.09 bits per heavy atom. The lowest BCUT2D eigenvalue weighted by Crippen LogP contribution is -2.52. The van der Waals surface area contributed by atoms with Gasteiger partial charge in [-0.05, 0) is 30.8 Å². The molecule has 5 rings (SSSR count). The lowest BCUT2D eigenvalue weighted by Gasteiger charge is -2.40. The standard InChI is InChI=1S/C18H19N5/c1-22-8-14-9-23(10-18(14)22)15-4-13(6-19-7-15)12-2-3-16-17(5-12)21-11-20-16/h2-7,11,14,18H,8-10H2,1H3,(H,20,21)/t14-,18+/m0/s1. The van der Waals surface area contributed by atoms with E-state index in [-0.39, 0.29) is 0 Å². The second-order valence-corrected chi connectivity index (χ2v) is 6.74. The van der Waals surface area contributed by atoms with Gasteiger partial charge in [0, 0.05) is 43.4 Å². The van der Waals surface area contributed by atoms with Crippen molar-refractivity contribution in [2.45, 2.75) is 6.04 Å². The molecule has 1 N–H and O–H groups in total. The fourth-order valence-electron chi connectivity index (χ4n) is 3.98. The summed E-state index contributed by atoms with van der Waals surface area (Å²) in [4.78, 5) is 16.9. The molecule has 5 nitrogen and oxygen atoms in total. The van der Waals surface area contributed by atoms with Gasteiger partial charge in [0.15, 0.2) is 0 Å². The molecule has 0 saturated carbocycles. The number of nitrogens with one attached hydrogen (secondary N) is 1. The molecule has 1 aromatic carbocycles. The van der Waals surface area contributed by atoms with Gasteiger partial charge in [-0.2, -0.15) is 0 Å². The average molecular weight is 305 g/mol. The summed E-state index contributed by atoms with van der Waals surface area (Å²) >= 11 is 0. The van der Waals surface area contributed by atoms with E-state index < -0.39 is 0 Å². The molecule has 0 spiro atoms. The number of likely N-dealkylation sites (N-methyl/N-ethyl adjacent to an activating group) is 1. The maximum Gasteiger partial charge on any atom is 0.0931 e. The highest BCUT2D eigenvalue weighted by molar-refractivity contribution is 5.82. The van der Waals surface area contributed by atoms with Crippen LogP contribution in [0.5, 0.6) is 0 Å². The molecule has 2 atom stereocenters. The van der Waals surface area contributed by atoms with E-state index >= 15 is 0 Å². The van der Waals surface area contributed by atoms with Crippen molar-refractivity contribution < 1.29 is 0 Å². The first-order chi connectivity index (χ1) is 11.3. The molecule has 5 heteroatoms. The van der Waals surface area contributed by atoms with Crippen LogP contribution in [0.15, 0.2) is 43.0 Å². The third-order valence-corrected chi connectivity index (χ3v) is 5.34. The monoisotopic (exact) mass is 305 g/mol. The minimum absolute atomic E-state index is 0.721. The zero-order valence-electron chi connectivity index (χ0n) is 13.1. The van der Waals surface area contributed by atoms with Crippen LogP contribution in [-0.2, 0) is 0 Å². The van der Waals surface area contributed by atoms with Crippen LogP contribution in [0, 0.1) is 5.92 Å². The van der Waals surface area contributed by atoms with Crippen molar-refractivity contribution in [3.63, 3.8) is 0 Å². The second kappa shape index (κ2) is 4.80. The Hall–Kier alpha value is -2.40. The van der Waals surface area contributed by atoms with Gasteiger partial charge < -0.3 is 14.8 Å². The SMILES string of the molecule is CN1C[C@H]2CN(c3cncc(-c4ccc5[nH]cnc5c4)c3)C[C@H]21. The molecule has 3 aromatic rings. The number of aromatic nitrogens is 3. The number of benzene rings is 1. The summed E-state index contributed by atoms with van der Waals surface area (Å²) in [7, 11) is 2.22. The minimum Gasteiger partial charge on any atom is -0.368 e. The second-order valence-electron chi connectivity index (χ2n) is 6.74. The zero-order valence-corrected chi connectivity index (χ0v) is 13.1. The van der Waals surface area contributed by atoms with Crippen molar-refractivity contribution in [3.05, 3.63) is 43.0 Å². The average Bonchev–Trinajstić information content (AvgIpc) is 3.18. The number of aromatic amines is 1. The van der Waals surface area contributed by atoms with Crippen molar-refractivity contribution in [1.29, 1.82) is 0 Å². The summed E-state index contributed by atoms with van der Waals surface area (Å²) in [5.74, 6) is 0.823. The molecule has 0 aliphatic carbocycles. The number of hydrogen-bond acceptors (Lipinski definition) is 4. The summed E-state index contributed by atoms with van der Waals surface area (Å²) < 4.78 is 0. The van der Waals surface area contributed by atoms with E-state index in [1.807, 2.05) is 12.4 Å². The number of imidazole rings is 1. The molecule has 2 aliphatic heterocycles. The molecule has 0 unspecified atom stereocenters. The van der Waals surface area contributed by atoms with E-state index in [0.717, 1.165) is 41.6 Å². The van der Waals surface area contributed by atoms with Crippen molar-refractivity contribution in [2.75, 3.05) is 31.6 Å². The molecular formula is C18H19N5. The fourth-order valence-corrected chi connectivity index (χ4v) is 3.98. The van der Waals surface area contributed by atoms with Crippen molar-refractivity contribution >= 4 is 16.7 Å². The molecular weight excluding hydrogens is 286 g/mol. The van der Waals surface area contributed by atoms with Crippen LogP contribution < -0.4 is 4.90 Å². The Labute approximate surface area is 135 Å². The zero-order chi connectivity index (χ0) is 15.4. The first kappa shape index (κ1) is 13.1. The summed E-state index contributed by atoms with van der Waals surface area (Å²) in [6.07, 6.45) is 5.66. The molecule has 23 heavy (non-hydrogen) atoms. The molecule has 2 aromatic heterocycles. The number of rotatable bonds is 2. The highest BCUT2D eigenvalue weighted by Crippen LogP contribution is 2.34. The topological polar surface area (TPSA) is 48.0 Å². The lowest BCUT2D eigenvalue weighted by molar-refractivity contribution is 0.0827. The third-order valence-electron chi connectivity index (χ3n) is 5.34. The van der Waals surface area contributed by atoms with Crippen LogP contribution in [0.25, 0.3) is 22.2 Å². The van der Waals surface area contributed by atoms with Gasteiger partial charge in [0.25, 0.3) is 0 Å². The summed E-state index contributed by atoms with van der Waals surface area (Å²) in [5.41, 5.74) is 5.61. The number of H-pyrrole nitrogens is 1. The molecule has 116 valence electrons. The molecule has 4 heterocycles. The van der Waals surface area contributed by atoms with Crippen LogP contribution in [-0.4, -0.2) is 52.6 Å². The van der Waals surface area contributed by atoms with Crippen LogP contribution in [0.2, 0.25) is 0 Å². The van der Waals surface area contributed by atoms with E-state index in [4.69, 9.17) is 0 Å². The quantitative estimate of drug-likeness (QED) is 0.790. The van der Waals surface area contributed by atoms with Crippen LogP contribution in [0.1, 0.15) is 0 Å². The molecule has 0 amide bonds. The number of pyridine rings is 1. The van der Waals surface area contributed by atoms with Crippen molar-refractivity contribution in [3.8, 4) is 11.1 Å². The third kappa shape index (κ3) is 2.04. The first-order valence-corrected chi connectivity index (χ1v) is 8.12. The highest BCUT2D eigenvalue weighted by atomic mass is 15.3. The van der Waals surface area contributed by atoms with Gasteiger partial charge >= 0.3 is 0 Å². The van der Waals surface area contributed by atoms with Crippen molar-refractivity contribution in [1.82, 2.24) is 19.9 Å². The Morgan fingerprint density at radius 3 is 2.91 bits per heavy atom. The normalized spacial score (nSPS) is 24.0. The van der Waals surface area contributed by atoms with E-state index in [0.29, 0.717) is 0 Å². The highest BCUT2D eigenvalue weighted by Gasteiger charge is 2.43. The minimum atomic E-state index is 0.721. The molecule has 0 bridgehead atoms. The van der Waals surface area contributed by atoms with Gasteiger partial charge in [-0.1, -0.05) is 6.07 Å². The number of fused-ring (bicyclic) bond motifs is 2. The number of nitrogens with zero attached hydrogens (tertiary/aromatic N) is 4. The van der Waals surface area contributed by atoms with Crippen LogP contribution in [0.3, 0.4) is 0 Å². The Bertz CT molecular complexity index is 870. The van der Waals surface area contributed by atoms with Crippen LogP contribution >= 0.6 is 0 Å². The van der Waals surface area contributed by atoms with E-state index in [9.17, 15) is 0 Å². The predicted octanol–water partition coefficient (Wildman–Crippen LogP) is 2.38. The molecule has 2 saturated heterocycles. The summed E-state index contributed by atoms with van der Waals surface area (Å²) in [5, 5.41) is 0. The van der Waals surface area contributed by atoms with Crippen LogP contribution in [0.4, 0.5) is 5.69 Å². The van der Waals surface area contributed by atoms with Gasteiger partial charge in [-0.25, -0.2) is 4.98 Å². The smallest absolute Gasteiger partial charge is 0.0931 e. The number of hydrogen-bond donors (Lipinski definition) is 1. The maximum atomic E-state index is 4.48. The van der Waals surface area contributed by atoms with E-state index in [1.54, 1.807) is 6.33 Å². The maximum absolute atomic E-state index is 4.48. The molecule has 2 fully saturated rings. The summed E-state index contributed by atoms with van der Waals surface area (Å²) in [6, 6.07) is 9.30. The van der Waals surface area contributed by atoms with Gasteiger partial charge in [-0.15, -0.1) is 0 Å². The van der Waals surface area contributed by atoms with Gasteiger partial charge in [0.1, 0.15) is 0 Å². The van der Waals surface area contributed by atoms with Gasteiger partial charge in [0.2, 0.25) is 0 Å². The fraction of sp³-hybridized carbons (Fsp3) is 0.333. The molecule has 0 radical (unpaired) electrons. The predicted molar refractivity (Wildman–Crippen MR) is 91.4 cm³/mol. The lowest BCUT2D eigenvalue weighted by atomic mass is 9.93. The van der Waals surface area contributed by atoms with Crippen molar-refractivity contribution in [2.24, 2.45) is 5.92 Å². The molecule has 2 aliphatic rings. The van der Waals surface area contributed by atoms with Gasteiger partial charge in [-0.3, -0.25) is 4.98 Å². The largest absolute Gasteiger partial charge is 0.368 e. The Balaban J connectivity index is 1.48. The Morgan fingerprint density at radius 2 is 2.04 bits per heavy atom. The van der Waals surface area contributed by atoms with Gasteiger partial charge in [0.05, 0.1) is 29.2 Å². The summed E-state index contributed by atoms with van der Waals surface area (Å²) in [6.45, 7) is 3.49. The first-order valence-electron chi connectivity index (χ1n) is 8.12. The van der Waals surface area contributed by atoms with E-state index in [1.165, 1.54) is 17.8 Å². The Kier molecular flexibility index (Phi) is 2.73. The van der Waals surface area contributed by atoms with E-state index in [2.05, 4.69) is 56.1 Å². The number of likely N-dealkylation sites (tertiary alicyclic amines) is 1. The number of anilines is 1.